The zero-order valence-electron chi connectivity index (χ0n) is 9.93. The summed E-state index contributed by atoms with van der Waals surface area (Å²) in [5.74, 6) is 0. The second-order valence-electron chi connectivity index (χ2n) is 3.85. The van der Waals surface area contributed by atoms with Crippen molar-refractivity contribution in [2.75, 3.05) is 5.32 Å². The molecule has 0 aliphatic rings. The number of rotatable bonds is 3. The summed E-state index contributed by atoms with van der Waals surface area (Å²) >= 11 is 6.77. The number of benzene rings is 2. The lowest BCUT2D eigenvalue weighted by molar-refractivity contribution is -0.385. The standard InChI is InChI=1S/C13H7Br2N3O2/c14-9-1-3-12(11(15)6-9)17-10-2-4-13(18(19)20)8(5-10)7-16/h1-6,17H. The minimum Gasteiger partial charge on any atom is -0.355 e. The molecule has 0 saturated carbocycles. The Balaban J connectivity index is 2.35. The fourth-order valence-electron chi connectivity index (χ4n) is 1.61. The number of anilines is 2. The van der Waals surface area contributed by atoms with Gasteiger partial charge in [0.15, 0.2) is 0 Å². The molecule has 0 heterocycles. The van der Waals surface area contributed by atoms with E-state index < -0.39 is 4.92 Å². The van der Waals surface area contributed by atoms with Crippen LogP contribution >= 0.6 is 31.9 Å². The van der Waals surface area contributed by atoms with Crippen LogP contribution in [-0.2, 0) is 0 Å². The van der Waals surface area contributed by atoms with Crippen LogP contribution in [0.2, 0.25) is 0 Å². The largest absolute Gasteiger partial charge is 0.355 e. The van der Waals surface area contributed by atoms with E-state index in [1.807, 2.05) is 24.3 Å². The first-order chi connectivity index (χ1) is 9.51. The normalized spacial score (nSPS) is 9.85. The highest BCUT2D eigenvalue weighted by molar-refractivity contribution is 9.11. The minimum absolute atomic E-state index is 0.0215. The Kier molecular flexibility index (Phi) is 4.37. The topological polar surface area (TPSA) is 79.0 Å². The van der Waals surface area contributed by atoms with Crippen LogP contribution in [0.1, 0.15) is 5.56 Å². The van der Waals surface area contributed by atoms with Crippen molar-refractivity contribution in [2.24, 2.45) is 0 Å². The summed E-state index contributed by atoms with van der Waals surface area (Å²) in [6.45, 7) is 0. The van der Waals surface area contributed by atoms with E-state index in [1.54, 1.807) is 6.07 Å². The molecule has 0 bridgehead atoms. The third kappa shape index (κ3) is 3.15. The first-order valence-electron chi connectivity index (χ1n) is 5.42. The number of nitro benzene ring substituents is 1. The van der Waals surface area contributed by atoms with Gasteiger partial charge in [-0.25, -0.2) is 0 Å². The summed E-state index contributed by atoms with van der Waals surface area (Å²) in [4.78, 5) is 10.2. The van der Waals surface area contributed by atoms with Crippen molar-refractivity contribution in [3.8, 4) is 6.07 Å². The van der Waals surface area contributed by atoms with Gasteiger partial charge >= 0.3 is 0 Å². The average molecular weight is 397 g/mol. The Morgan fingerprint density at radius 2 is 1.95 bits per heavy atom. The van der Waals surface area contributed by atoms with Gasteiger partial charge in [0.05, 0.1) is 10.6 Å². The highest BCUT2D eigenvalue weighted by Gasteiger charge is 2.14. The first kappa shape index (κ1) is 14.5. The number of hydrogen-bond acceptors (Lipinski definition) is 4. The van der Waals surface area contributed by atoms with Gasteiger partial charge in [-0.15, -0.1) is 0 Å². The van der Waals surface area contributed by atoms with E-state index in [2.05, 4.69) is 37.2 Å². The lowest BCUT2D eigenvalue weighted by Crippen LogP contribution is -1.96. The van der Waals surface area contributed by atoms with Gasteiger partial charge in [-0.2, -0.15) is 5.26 Å². The summed E-state index contributed by atoms with van der Waals surface area (Å²) in [5, 5.41) is 22.8. The molecule has 100 valence electrons. The van der Waals surface area contributed by atoms with E-state index in [1.165, 1.54) is 12.1 Å². The highest BCUT2D eigenvalue weighted by Crippen LogP contribution is 2.30. The van der Waals surface area contributed by atoms with Crippen LogP contribution < -0.4 is 5.32 Å². The van der Waals surface area contributed by atoms with Gasteiger partial charge in [-0.1, -0.05) is 15.9 Å². The number of hydrogen-bond donors (Lipinski definition) is 1. The van der Waals surface area contributed by atoms with E-state index >= 15 is 0 Å². The van der Waals surface area contributed by atoms with E-state index in [-0.39, 0.29) is 11.3 Å². The molecule has 0 saturated heterocycles. The number of halogens is 2. The summed E-state index contributed by atoms with van der Waals surface area (Å²) in [6.07, 6.45) is 0. The van der Waals surface area contributed by atoms with E-state index in [4.69, 9.17) is 5.26 Å². The number of nitrogens with zero attached hydrogens (tertiary/aromatic N) is 2. The quantitative estimate of drug-likeness (QED) is 0.600. The van der Waals surface area contributed by atoms with Gasteiger partial charge in [0.25, 0.3) is 5.69 Å². The maximum atomic E-state index is 10.8. The van der Waals surface area contributed by atoms with Crippen LogP contribution in [0.5, 0.6) is 0 Å². The van der Waals surface area contributed by atoms with Crippen LogP contribution in [0.4, 0.5) is 17.1 Å². The molecule has 2 rings (SSSR count). The Morgan fingerprint density at radius 3 is 2.55 bits per heavy atom. The maximum Gasteiger partial charge on any atom is 0.287 e. The van der Waals surface area contributed by atoms with E-state index in [0.717, 1.165) is 14.6 Å². The number of nitrogens with one attached hydrogen (secondary N) is 1. The third-order valence-corrected chi connectivity index (χ3v) is 3.67. The smallest absolute Gasteiger partial charge is 0.287 e. The lowest BCUT2D eigenvalue weighted by Gasteiger charge is -2.09. The number of nitriles is 1. The molecular formula is C13H7Br2N3O2. The van der Waals surface area contributed by atoms with Crippen LogP contribution in [0.25, 0.3) is 0 Å². The van der Waals surface area contributed by atoms with Gasteiger partial charge in [-0.05, 0) is 46.3 Å². The monoisotopic (exact) mass is 395 g/mol. The zero-order valence-corrected chi connectivity index (χ0v) is 13.1. The molecule has 0 atom stereocenters. The van der Waals surface area contributed by atoms with Crippen LogP contribution in [0.3, 0.4) is 0 Å². The highest BCUT2D eigenvalue weighted by atomic mass is 79.9. The SMILES string of the molecule is N#Cc1cc(Nc2ccc(Br)cc2Br)ccc1[N+](=O)[O-]. The Hall–Kier alpha value is -1.91. The molecule has 0 spiro atoms. The molecule has 0 amide bonds. The van der Waals surface area contributed by atoms with Crippen molar-refractivity contribution < 1.29 is 4.92 Å². The van der Waals surface area contributed by atoms with Gasteiger partial charge in [0.2, 0.25) is 0 Å². The Bertz CT molecular complexity index is 726. The average Bonchev–Trinajstić information content (AvgIpc) is 2.41. The molecule has 7 heteroatoms. The molecule has 5 nitrogen and oxygen atoms in total. The van der Waals surface area contributed by atoms with Crippen molar-refractivity contribution >= 4 is 48.9 Å². The van der Waals surface area contributed by atoms with Crippen molar-refractivity contribution in [3.05, 3.63) is 61.0 Å². The molecule has 0 aromatic heterocycles. The summed E-state index contributed by atoms with van der Waals surface area (Å²) in [5.41, 5.74) is 1.22. The summed E-state index contributed by atoms with van der Waals surface area (Å²) < 4.78 is 1.76. The predicted molar refractivity (Wildman–Crippen MR) is 82.9 cm³/mol. The zero-order chi connectivity index (χ0) is 14.7. The molecule has 0 unspecified atom stereocenters. The molecule has 0 aliphatic carbocycles. The van der Waals surface area contributed by atoms with Crippen molar-refractivity contribution in [2.45, 2.75) is 0 Å². The fraction of sp³-hybridized carbons (Fsp3) is 0. The predicted octanol–water partition coefficient (Wildman–Crippen LogP) is 4.74. The lowest BCUT2D eigenvalue weighted by atomic mass is 10.1. The van der Waals surface area contributed by atoms with Gasteiger partial charge in [0.1, 0.15) is 11.6 Å². The fourth-order valence-corrected chi connectivity index (χ4v) is 2.76. The van der Waals surface area contributed by atoms with Crippen LogP contribution in [-0.4, -0.2) is 4.92 Å². The van der Waals surface area contributed by atoms with Crippen LogP contribution in [0.15, 0.2) is 45.3 Å². The van der Waals surface area contributed by atoms with Crippen molar-refractivity contribution in [1.82, 2.24) is 0 Å². The minimum atomic E-state index is -0.572. The van der Waals surface area contributed by atoms with Crippen molar-refractivity contribution in [3.63, 3.8) is 0 Å². The molecule has 20 heavy (non-hydrogen) atoms. The van der Waals surface area contributed by atoms with E-state index in [9.17, 15) is 10.1 Å². The molecule has 2 aromatic carbocycles. The molecular weight excluding hydrogens is 390 g/mol. The third-order valence-electron chi connectivity index (χ3n) is 2.52. The Labute approximate surface area is 131 Å². The molecule has 2 aromatic rings. The van der Waals surface area contributed by atoms with Gasteiger partial charge in [-0.3, -0.25) is 10.1 Å². The second kappa shape index (κ2) is 6.03. The maximum absolute atomic E-state index is 10.8. The van der Waals surface area contributed by atoms with Gasteiger partial charge < -0.3 is 5.32 Å². The molecule has 1 N–H and O–H groups in total. The summed E-state index contributed by atoms with van der Waals surface area (Å²) in [7, 11) is 0. The van der Waals surface area contributed by atoms with Crippen molar-refractivity contribution in [1.29, 1.82) is 5.26 Å². The van der Waals surface area contributed by atoms with E-state index in [0.29, 0.717) is 5.69 Å². The molecule has 0 fully saturated rings. The second-order valence-corrected chi connectivity index (χ2v) is 5.62. The Morgan fingerprint density at radius 1 is 1.20 bits per heavy atom. The molecule has 0 radical (unpaired) electrons. The van der Waals surface area contributed by atoms with Crippen LogP contribution in [0, 0.1) is 21.4 Å². The molecule has 0 aliphatic heterocycles. The number of nitro groups is 1. The first-order valence-corrected chi connectivity index (χ1v) is 7.00. The summed E-state index contributed by atoms with van der Waals surface area (Å²) in [6, 6.07) is 11.7. The van der Waals surface area contributed by atoms with Gasteiger partial charge in [0, 0.05) is 20.7 Å².